The first-order valence-corrected chi connectivity index (χ1v) is 10.6. The van der Waals surface area contributed by atoms with E-state index in [4.69, 9.17) is 0 Å². The van der Waals surface area contributed by atoms with Gasteiger partial charge in [-0.2, -0.15) is 0 Å². The fourth-order valence-electron chi connectivity index (χ4n) is 3.36. The number of fused-ring (bicyclic) bond motifs is 1. The maximum absolute atomic E-state index is 13.6. The number of imide groups is 1. The van der Waals surface area contributed by atoms with Crippen molar-refractivity contribution in [2.75, 3.05) is 37.0 Å². The Morgan fingerprint density at radius 2 is 1.74 bits per heavy atom. The zero-order chi connectivity index (χ0) is 22.1. The largest absolute Gasteiger partial charge is 0.308 e. The molecular weight excluding hydrogens is 419 g/mol. The molecule has 1 saturated heterocycles. The van der Waals surface area contributed by atoms with E-state index in [9.17, 15) is 18.8 Å². The molecule has 3 aromatic rings. The molecule has 0 unspecified atom stereocenters. The van der Waals surface area contributed by atoms with E-state index in [1.807, 2.05) is 19.0 Å². The second-order valence-electron chi connectivity index (χ2n) is 7.54. The van der Waals surface area contributed by atoms with Gasteiger partial charge < -0.3 is 4.90 Å². The molecule has 31 heavy (non-hydrogen) atoms. The molecule has 0 aliphatic carbocycles. The van der Waals surface area contributed by atoms with Gasteiger partial charge in [0.15, 0.2) is 5.13 Å². The SMILES string of the molecule is CN(C)CCN(C(=O)c1ccc(N2C(=O)CCC2=O)cc1)c1nc2ccc(F)cc2s1. The Kier molecular flexibility index (Phi) is 5.79. The molecule has 0 bridgehead atoms. The summed E-state index contributed by atoms with van der Waals surface area (Å²) in [5.41, 5.74) is 1.50. The Labute approximate surface area is 182 Å². The molecule has 1 fully saturated rings. The number of hydrogen-bond acceptors (Lipinski definition) is 6. The van der Waals surface area contributed by atoms with E-state index in [-0.39, 0.29) is 36.4 Å². The fraction of sp³-hybridized carbons (Fsp3) is 0.273. The third-order valence-electron chi connectivity index (χ3n) is 5.01. The highest BCUT2D eigenvalue weighted by Gasteiger charge is 2.30. The normalized spacial score (nSPS) is 14.1. The average Bonchev–Trinajstić information content (AvgIpc) is 3.30. The molecule has 0 radical (unpaired) electrons. The van der Waals surface area contributed by atoms with Crippen LogP contribution in [0.1, 0.15) is 23.2 Å². The fourth-order valence-corrected chi connectivity index (χ4v) is 4.37. The number of halogens is 1. The zero-order valence-corrected chi connectivity index (χ0v) is 18.0. The summed E-state index contributed by atoms with van der Waals surface area (Å²) in [7, 11) is 3.82. The topological polar surface area (TPSA) is 73.8 Å². The molecule has 4 rings (SSSR count). The van der Waals surface area contributed by atoms with Crippen LogP contribution in [0.15, 0.2) is 42.5 Å². The molecule has 1 aliphatic heterocycles. The standard InChI is InChI=1S/C22H21FN4O3S/c1-25(2)11-12-26(22-24-17-8-5-15(23)13-18(17)31-22)21(30)14-3-6-16(7-4-14)27-19(28)9-10-20(27)29/h3-8,13H,9-12H2,1-2H3. The van der Waals surface area contributed by atoms with Crippen LogP contribution in [0.25, 0.3) is 10.2 Å². The van der Waals surface area contributed by atoms with Crippen LogP contribution < -0.4 is 9.80 Å². The molecule has 0 N–H and O–H groups in total. The van der Waals surface area contributed by atoms with Crippen molar-refractivity contribution >= 4 is 50.1 Å². The van der Waals surface area contributed by atoms with Gasteiger partial charge in [-0.25, -0.2) is 9.37 Å². The highest BCUT2D eigenvalue weighted by Crippen LogP contribution is 2.31. The summed E-state index contributed by atoms with van der Waals surface area (Å²) in [6.07, 6.45) is 0.409. The van der Waals surface area contributed by atoms with Crippen LogP contribution in [0.5, 0.6) is 0 Å². The zero-order valence-electron chi connectivity index (χ0n) is 17.2. The molecule has 3 amide bonds. The second-order valence-corrected chi connectivity index (χ2v) is 8.55. The van der Waals surface area contributed by atoms with Gasteiger partial charge in [0.05, 0.1) is 15.9 Å². The molecule has 2 aromatic carbocycles. The van der Waals surface area contributed by atoms with Gasteiger partial charge in [-0.15, -0.1) is 0 Å². The van der Waals surface area contributed by atoms with E-state index < -0.39 is 0 Å². The van der Waals surface area contributed by atoms with Crippen molar-refractivity contribution in [2.24, 2.45) is 0 Å². The molecule has 2 heterocycles. The molecule has 1 aliphatic rings. The summed E-state index contributed by atoms with van der Waals surface area (Å²) in [5.74, 6) is -1.08. The Balaban J connectivity index is 1.63. The highest BCUT2D eigenvalue weighted by atomic mass is 32.1. The van der Waals surface area contributed by atoms with E-state index in [1.54, 1.807) is 35.2 Å². The Morgan fingerprint density at radius 1 is 1.06 bits per heavy atom. The first-order chi connectivity index (χ1) is 14.8. The second kappa shape index (κ2) is 8.52. The van der Waals surface area contributed by atoms with E-state index in [0.29, 0.717) is 39.7 Å². The Hall–Kier alpha value is -3.17. The smallest absolute Gasteiger partial charge is 0.260 e. The number of carbonyl (C=O) groups is 3. The number of benzene rings is 2. The minimum atomic E-state index is -0.351. The minimum absolute atomic E-state index is 0.204. The van der Waals surface area contributed by atoms with E-state index in [1.165, 1.54) is 23.5 Å². The van der Waals surface area contributed by atoms with Crippen molar-refractivity contribution < 1.29 is 18.8 Å². The number of likely N-dealkylation sites (N-methyl/N-ethyl adjacent to an activating group) is 1. The number of amides is 3. The van der Waals surface area contributed by atoms with Crippen LogP contribution in [0.4, 0.5) is 15.2 Å². The van der Waals surface area contributed by atoms with Gasteiger partial charge in [0.1, 0.15) is 5.82 Å². The van der Waals surface area contributed by atoms with Crippen molar-refractivity contribution in [1.82, 2.24) is 9.88 Å². The summed E-state index contributed by atoms with van der Waals surface area (Å²) >= 11 is 1.26. The number of rotatable bonds is 6. The lowest BCUT2D eigenvalue weighted by Gasteiger charge is -2.22. The predicted molar refractivity (Wildman–Crippen MR) is 118 cm³/mol. The number of anilines is 2. The number of nitrogens with zero attached hydrogens (tertiary/aromatic N) is 4. The number of hydrogen-bond donors (Lipinski definition) is 0. The summed E-state index contributed by atoms with van der Waals surface area (Å²) < 4.78 is 14.3. The van der Waals surface area contributed by atoms with Crippen molar-refractivity contribution in [1.29, 1.82) is 0 Å². The lowest BCUT2D eigenvalue weighted by atomic mass is 10.1. The number of aromatic nitrogens is 1. The van der Waals surface area contributed by atoms with Gasteiger partial charge >= 0.3 is 0 Å². The molecule has 0 atom stereocenters. The molecule has 9 heteroatoms. The Bertz CT molecular complexity index is 1140. The van der Waals surface area contributed by atoms with Gasteiger partial charge in [-0.1, -0.05) is 11.3 Å². The quantitative estimate of drug-likeness (QED) is 0.550. The molecule has 1 aromatic heterocycles. The lowest BCUT2D eigenvalue weighted by Crippen LogP contribution is -2.36. The van der Waals surface area contributed by atoms with Crippen molar-refractivity contribution in [2.45, 2.75) is 12.8 Å². The van der Waals surface area contributed by atoms with Gasteiger partial charge in [0.2, 0.25) is 11.8 Å². The Morgan fingerprint density at radius 3 is 2.39 bits per heavy atom. The van der Waals surface area contributed by atoms with Crippen LogP contribution in [0.3, 0.4) is 0 Å². The number of thiazole rings is 1. The summed E-state index contributed by atoms with van der Waals surface area (Å²) in [4.78, 5) is 46.4. The summed E-state index contributed by atoms with van der Waals surface area (Å²) in [6, 6.07) is 10.8. The van der Waals surface area contributed by atoms with Gasteiger partial charge in [0, 0.05) is 31.5 Å². The van der Waals surface area contributed by atoms with E-state index >= 15 is 0 Å². The van der Waals surface area contributed by atoms with Crippen LogP contribution >= 0.6 is 11.3 Å². The minimum Gasteiger partial charge on any atom is -0.308 e. The lowest BCUT2D eigenvalue weighted by molar-refractivity contribution is -0.121. The first-order valence-electron chi connectivity index (χ1n) is 9.82. The highest BCUT2D eigenvalue weighted by molar-refractivity contribution is 7.22. The summed E-state index contributed by atoms with van der Waals surface area (Å²) in [5, 5.41) is 0.487. The van der Waals surface area contributed by atoms with E-state index in [0.717, 1.165) is 4.90 Å². The molecule has 0 spiro atoms. The summed E-state index contributed by atoms with van der Waals surface area (Å²) in [6.45, 7) is 1.02. The third-order valence-corrected chi connectivity index (χ3v) is 6.05. The molecule has 7 nitrogen and oxygen atoms in total. The maximum atomic E-state index is 13.6. The van der Waals surface area contributed by atoms with Crippen LogP contribution in [0, 0.1) is 5.82 Å². The van der Waals surface area contributed by atoms with Crippen molar-refractivity contribution in [3.63, 3.8) is 0 Å². The van der Waals surface area contributed by atoms with Gasteiger partial charge in [-0.05, 0) is 56.6 Å². The van der Waals surface area contributed by atoms with Gasteiger partial charge in [0.25, 0.3) is 5.91 Å². The third kappa shape index (κ3) is 4.33. The predicted octanol–water partition coefficient (Wildman–Crippen LogP) is 3.30. The number of carbonyl (C=O) groups excluding carboxylic acids is 3. The average molecular weight is 441 g/mol. The van der Waals surface area contributed by atoms with Crippen LogP contribution in [-0.4, -0.2) is 54.8 Å². The molecular formula is C22H21FN4O3S. The van der Waals surface area contributed by atoms with Crippen molar-refractivity contribution in [3.05, 3.63) is 53.8 Å². The monoisotopic (exact) mass is 440 g/mol. The first kappa shape index (κ1) is 21.1. The molecule has 0 saturated carbocycles. The maximum Gasteiger partial charge on any atom is 0.260 e. The van der Waals surface area contributed by atoms with E-state index in [2.05, 4.69) is 4.98 Å². The molecule has 160 valence electrons. The van der Waals surface area contributed by atoms with Crippen LogP contribution in [-0.2, 0) is 9.59 Å². The van der Waals surface area contributed by atoms with Gasteiger partial charge in [-0.3, -0.25) is 24.2 Å². The van der Waals surface area contributed by atoms with Crippen molar-refractivity contribution in [3.8, 4) is 0 Å². The van der Waals surface area contributed by atoms with Crippen LogP contribution in [0.2, 0.25) is 0 Å².